The molecule has 3 N–H and O–H groups in total. The summed E-state index contributed by atoms with van der Waals surface area (Å²) in [6.07, 6.45) is 0. The summed E-state index contributed by atoms with van der Waals surface area (Å²) in [6.45, 7) is 1.37. The average Bonchev–Trinajstić information content (AvgIpc) is 2.28. The maximum Gasteiger partial charge on any atom is 0.332 e. The van der Waals surface area contributed by atoms with Gasteiger partial charge in [0.25, 0.3) is 5.91 Å². The molecule has 0 aliphatic carbocycles. The Hall–Kier alpha value is -2.08. The van der Waals surface area contributed by atoms with Gasteiger partial charge in [0.15, 0.2) is 11.8 Å². The van der Waals surface area contributed by atoms with Crippen LogP contribution in [0.4, 0.5) is 0 Å². The topological polar surface area (TPSA) is 92.9 Å². The van der Waals surface area contributed by atoms with Crippen LogP contribution in [0.2, 0.25) is 0 Å². The summed E-state index contributed by atoms with van der Waals surface area (Å²) < 4.78 is 0. The SMILES string of the molecule is CC1(N)C(=O)N(Oc2ccccc2)C1C(=O)O. The third-order valence-corrected chi connectivity index (χ3v) is 2.64. The molecule has 1 aliphatic heterocycles. The smallest absolute Gasteiger partial charge is 0.332 e. The van der Waals surface area contributed by atoms with E-state index in [1.54, 1.807) is 30.3 Å². The second-order valence-corrected chi connectivity index (χ2v) is 4.06. The van der Waals surface area contributed by atoms with Gasteiger partial charge >= 0.3 is 5.97 Å². The molecule has 1 amide bonds. The monoisotopic (exact) mass is 236 g/mol. The van der Waals surface area contributed by atoms with Crippen molar-refractivity contribution in [2.24, 2.45) is 5.73 Å². The molecule has 17 heavy (non-hydrogen) atoms. The van der Waals surface area contributed by atoms with Crippen LogP contribution in [-0.2, 0) is 9.59 Å². The molecule has 90 valence electrons. The first-order valence-corrected chi connectivity index (χ1v) is 5.03. The van der Waals surface area contributed by atoms with Crippen LogP contribution in [0.3, 0.4) is 0 Å². The van der Waals surface area contributed by atoms with E-state index in [-0.39, 0.29) is 0 Å². The van der Waals surface area contributed by atoms with Crippen molar-refractivity contribution in [3.8, 4) is 5.75 Å². The van der Waals surface area contributed by atoms with Gasteiger partial charge in [-0.3, -0.25) is 4.79 Å². The third-order valence-electron chi connectivity index (χ3n) is 2.64. The van der Waals surface area contributed by atoms with E-state index in [2.05, 4.69) is 0 Å². The first kappa shape index (κ1) is 11.4. The Kier molecular flexibility index (Phi) is 2.51. The van der Waals surface area contributed by atoms with Gasteiger partial charge in [0.05, 0.1) is 0 Å². The van der Waals surface area contributed by atoms with Crippen LogP contribution in [0.5, 0.6) is 5.75 Å². The van der Waals surface area contributed by atoms with Gasteiger partial charge in [-0.2, -0.15) is 5.06 Å². The van der Waals surface area contributed by atoms with Gasteiger partial charge in [-0.25, -0.2) is 4.79 Å². The van der Waals surface area contributed by atoms with E-state index in [0.717, 1.165) is 5.06 Å². The lowest BCUT2D eigenvalue weighted by Crippen LogP contribution is -2.79. The van der Waals surface area contributed by atoms with Crippen molar-refractivity contribution in [3.05, 3.63) is 30.3 Å². The van der Waals surface area contributed by atoms with E-state index < -0.39 is 23.5 Å². The van der Waals surface area contributed by atoms with E-state index in [1.807, 2.05) is 0 Å². The highest BCUT2D eigenvalue weighted by molar-refractivity contribution is 6.01. The largest absolute Gasteiger partial charge is 0.480 e. The van der Waals surface area contributed by atoms with Crippen LogP contribution in [0, 0.1) is 0 Å². The molecule has 2 atom stereocenters. The highest BCUT2D eigenvalue weighted by Crippen LogP contribution is 2.30. The number of hydrogen-bond donors (Lipinski definition) is 2. The first-order valence-electron chi connectivity index (χ1n) is 5.03. The predicted molar refractivity (Wildman–Crippen MR) is 57.9 cm³/mol. The van der Waals surface area contributed by atoms with E-state index in [9.17, 15) is 9.59 Å². The standard InChI is InChI=1S/C11H12N2O4/c1-11(12)8(9(14)15)13(10(11)16)17-7-5-3-2-4-6-7/h2-6,8H,12H2,1H3,(H,14,15). The van der Waals surface area contributed by atoms with Crippen LogP contribution in [0.25, 0.3) is 0 Å². The van der Waals surface area contributed by atoms with Crippen LogP contribution >= 0.6 is 0 Å². The lowest BCUT2D eigenvalue weighted by atomic mass is 9.83. The minimum atomic E-state index is -1.42. The lowest BCUT2D eigenvalue weighted by molar-refractivity contribution is -0.214. The Morgan fingerprint density at radius 1 is 1.47 bits per heavy atom. The summed E-state index contributed by atoms with van der Waals surface area (Å²) in [5.41, 5.74) is 4.19. The Morgan fingerprint density at radius 2 is 2.06 bits per heavy atom. The van der Waals surface area contributed by atoms with Crippen molar-refractivity contribution in [2.45, 2.75) is 18.5 Å². The van der Waals surface area contributed by atoms with E-state index in [0.29, 0.717) is 5.75 Å². The number of carbonyl (C=O) groups excluding carboxylic acids is 1. The molecule has 0 radical (unpaired) electrons. The molecule has 2 unspecified atom stereocenters. The molecule has 0 aromatic heterocycles. The summed E-state index contributed by atoms with van der Waals surface area (Å²) in [5, 5.41) is 9.77. The Bertz CT molecular complexity index is 458. The van der Waals surface area contributed by atoms with Crippen molar-refractivity contribution >= 4 is 11.9 Å². The van der Waals surface area contributed by atoms with Crippen molar-refractivity contribution in [3.63, 3.8) is 0 Å². The quantitative estimate of drug-likeness (QED) is 0.720. The van der Waals surface area contributed by atoms with E-state index in [4.69, 9.17) is 15.7 Å². The third kappa shape index (κ3) is 1.72. The molecule has 6 heteroatoms. The second-order valence-electron chi connectivity index (χ2n) is 4.06. The van der Waals surface area contributed by atoms with Gasteiger partial charge in [-0.1, -0.05) is 18.2 Å². The highest BCUT2D eigenvalue weighted by atomic mass is 16.7. The van der Waals surface area contributed by atoms with Crippen molar-refractivity contribution in [2.75, 3.05) is 0 Å². The molecule has 0 saturated carbocycles. The molecule has 6 nitrogen and oxygen atoms in total. The number of para-hydroxylation sites is 1. The minimum absolute atomic E-state index is 0.391. The maximum absolute atomic E-state index is 11.6. The molecule has 1 heterocycles. The van der Waals surface area contributed by atoms with Crippen LogP contribution < -0.4 is 10.6 Å². The molecular weight excluding hydrogens is 224 g/mol. The number of β-lactam (4-membered cyclic amide) rings is 1. The lowest BCUT2D eigenvalue weighted by Gasteiger charge is -2.47. The number of nitrogens with zero attached hydrogens (tertiary/aromatic N) is 1. The number of hydroxylamine groups is 2. The Labute approximate surface area is 97.5 Å². The zero-order valence-corrected chi connectivity index (χ0v) is 9.16. The molecular formula is C11H12N2O4. The zero-order valence-electron chi connectivity index (χ0n) is 9.16. The maximum atomic E-state index is 11.6. The summed E-state index contributed by atoms with van der Waals surface area (Å²) >= 11 is 0. The number of amides is 1. The number of benzene rings is 1. The van der Waals surface area contributed by atoms with Crippen molar-refractivity contribution < 1.29 is 19.5 Å². The average molecular weight is 236 g/mol. The number of hydrogen-bond acceptors (Lipinski definition) is 4. The fourth-order valence-electron chi connectivity index (χ4n) is 1.69. The van der Waals surface area contributed by atoms with Gasteiger partial charge in [0, 0.05) is 0 Å². The van der Waals surface area contributed by atoms with E-state index in [1.165, 1.54) is 6.92 Å². The summed E-state index contributed by atoms with van der Waals surface area (Å²) in [7, 11) is 0. The zero-order chi connectivity index (χ0) is 12.6. The first-order chi connectivity index (χ1) is 7.94. The molecule has 1 aromatic rings. The summed E-state index contributed by atoms with van der Waals surface area (Å²) in [4.78, 5) is 27.8. The molecule has 0 spiro atoms. The number of carboxylic acids is 1. The summed E-state index contributed by atoms with van der Waals surface area (Å²) in [6, 6.07) is 7.30. The number of carboxylic acid groups (broad SMARTS) is 1. The second kappa shape index (κ2) is 3.74. The Morgan fingerprint density at radius 3 is 2.59 bits per heavy atom. The molecule has 1 aromatic carbocycles. The number of rotatable bonds is 3. The van der Waals surface area contributed by atoms with Gasteiger partial charge in [-0.15, -0.1) is 0 Å². The predicted octanol–water partition coefficient (Wildman–Crippen LogP) is -0.00680. The summed E-state index contributed by atoms with van der Waals surface area (Å²) in [5.74, 6) is -1.35. The van der Waals surface area contributed by atoms with Gasteiger partial charge < -0.3 is 15.7 Å². The Balaban J connectivity index is 2.17. The number of aliphatic carboxylic acids is 1. The fraction of sp³-hybridized carbons (Fsp3) is 0.273. The van der Waals surface area contributed by atoms with Crippen LogP contribution in [-0.4, -0.2) is 33.6 Å². The van der Waals surface area contributed by atoms with Crippen molar-refractivity contribution in [1.82, 2.24) is 5.06 Å². The van der Waals surface area contributed by atoms with Crippen LogP contribution in [0.1, 0.15) is 6.92 Å². The van der Waals surface area contributed by atoms with Crippen LogP contribution in [0.15, 0.2) is 30.3 Å². The molecule has 1 fully saturated rings. The molecule has 2 rings (SSSR count). The minimum Gasteiger partial charge on any atom is -0.480 e. The molecule has 1 aliphatic rings. The number of nitrogens with two attached hydrogens (primary N) is 1. The van der Waals surface area contributed by atoms with Gasteiger partial charge in [0.1, 0.15) is 5.54 Å². The fourth-order valence-corrected chi connectivity index (χ4v) is 1.69. The molecule has 1 saturated heterocycles. The van der Waals surface area contributed by atoms with Gasteiger partial charge in [-0.05, 0) is 19.1 Å². The van der Waals surface area contributed by atoms with E-state index >= 15 is 0 Å². The molecule has 0 bridgehead atoms. The highest BCUT2D eigenvalue weighted by Gasteiger charge is 2.61. The number of carbonyl (C=O) groups is 2. The van der Waals surface area contributed by atoms with Gasteiger partial charge in [0.2, 0.25) is 0 Å². The van der Waals surface area contributed by atoms with Crippen molar-refractivity contribution in [1.29, 1.82) is 0 Å². The normalized spacial score (nSPS) is 27.5.